The number of nitrogens with zero attached hydrogens (tertiary/aromatic N) is 2. The Bertz CT molecular complexity index is 567. The van der Waals surface area contributed by atoms with Gasteiger partial charge in [-0.05, 0) is 44.7 Å². The van der Waals surface area contributed by atoms with E-state index in [4.69, 9.17) is 4.74 Å². The van der Waals surface area contributed by atoms with E-state index in [2.05, 4.69) is 29.6 Å². The van der Waals surface area contributed by atoms with Crippen LogP contribution in [0.2, 0.25) is 0 Å². The van der Waals surface area contributed by atoms with Gasteiger partial charge in [-0.2, -0.15) is 5.10 Å². The fourth-order valence-electron chi connectivity index (χ4n) is 4.43. The van der Waals surface area contributed by atoms with Crippen LogP contribution in [0.25, 0.3) is 0 Å². The van der Waals surface area contributed by atoms with E-state index in [0.717, 1.165) is 45.2 Å². The van der Waals surface area contributed by atoms with Crippen molar-refractivity contribution >= 4 is 18.3 Å². The van der Waals surface area contributed by atoms with Gasteiger partial charge in [-0.3, -0.25) is 9.48 Å². The second-order valence-corrected chi connectivity index (χ2v) is 7.11. The van der Waals surface area contributed by atoms with Gasteiger partial charge in [0.2, 0.25) is 0 Å². The maximum Gasteiger partial charge on any atom is 0.272 e. The first kappa shape index (κ1) is 20.2. The van der Waals surface area contributed by atoms with Gasteiger partial charge >= 0.3 is 0 Å². The van der Waals surface area contributed by atoms with Crippen LogP contribution in [-0.4, -0.2) is 48.0 Å². The number of carbonyl (C=O) groups excluding carboxylic acids is 1. The van der Waals surface area contributed by atoms with Crippen molar-refractivity contribution in [2.24, 2.45) is 5.41 Å². The molecule has 25 heavy (non-hydrogen) atoms. The summed E-state index contributed by atoms with van der Waals surface area (Å²) in [6.07, 6.45) is 7.34. The summed E-state index contributed by atoms with van der Waals surface area (Å²) in [6.45, 7) is 6.36. The predicted octanol–water partition coefficient (Wildman–Crippen LogP) is 2.55. The normalized spacial score (nSPS) is 27.9. The van der Waals surface area contributed by atoms with E-state index >= 15 is 0 Å². The number of methoxy groups -OCH3 is 1. The van der Waals surface area contributed by atoms with Crippen LogP contribution in [0.3, 0.4) is 0 Å². The predicted molar refractivity (Wildman–Crippen MR) is 100 cm³/mol. The first-order valence-electron chi connectivity index (χ1n) is 9.24. The van der Waals surface area contributed by atoms with E-state index in [0.29, 0.717) is 11.7 Å². The highest BCUT2D eigenvalue weighted by Crippen LogP contribution is 2.48. The van der Waals surface area contributed by atoms with Crippen LogP contribution < -0.4 is 10.6 Å². The minimum absolute atomic E-state index is 0. The lowest BCUT2D eigenvalue weighted by Crippen LogP contribution is -2.64. The SMILES string of the molecule is CCC1(CC)C(NC(=O)c2ccn(C3CCCNC3)n2)CC1OC.Cl. The number of carbonyl (C=O) groups is 1. The zero-order valence-electron chi connectivity index (χ0n) is 15.5. The maximum absolute atomic E-state index is 12.6. The summed E-state index contributed by atoms with van der Waals surface area (Å²) in [6, 6.07) is 2.36. The molecule has 0 spiro atoms. The number of halogens is 1. The lowest BCUT2D eigenvalue weighted by Gasteiger charge is -2.55. The van der Waals surface area contributed by atoms with Crippen molar-refractivity contribution in [2.45, 2.75) is 64.1 Å². The number of hydrogen-bond acceptors (Lipinski definition) is 4. The quantitative estimate of drug-likeness (QED) is 0.807. The Hall–Kier alpha value is -1.11. The molecule has 1 saturated heterocycles. The van der Waals surface area contributed by atoms with E-state index in [1.54, 1.807) is 7.11 Å². The van der Waals surface area contributed by atoms with E-state index in [-0.39, 0.29) is 35.9 Å². The third kappa shape index (κ3) is 3.71. The highest BCUT2D eigenvalue weighted by molar-refractivity contribution is 5.92. The highest BCUT2D eigenvalue weighted by atomic mass is 35.5. The molecule has 1 aliphatic heterocycles. The zero-order valence-corrected chi connectivity index (χ0v) is 16.3. The molecule has 6 nitrogen and oxygen atoms in total. The van der Waals surface area contributed by atoms with E-state index < -0.39 is 0 Å². The lowest BCUT2D eigenvalue weighted by atomic mass is 9.58. The van der Waals surface area contributed by atoms with Gasteiger partial charge in [0.1, 0.15) is 5.69 Å². The molecule has 1 aromatic heterocycles. The smallest absolute Gasteiger partial charge is 0.272 e. The van der Waals surface area contributed by atoms with Crippen LogP contribution in [0.5, 0.6) is 0 Å². The Kier molecular flexibility index (Phi) is 6.88. The summed E-state index contributed by atoms with van der Waals surface area (Å²) in [4.78, 5) is 12.6. The number of hydrogen-bond donors (Lipinski definition) is 2. The van der Waals surface area contributed by atoms with Crippen LogP contribution >= 0.6 is 12.4 Å². The minimum Gasteiger partial charge on any atom is -0.381 e. The molecule has 142 valence electrons. The molecule has 0 bridgehead atoms. The second kappa shape index (κ2) is 8.52. The van der Waals surface area contributed by atoms with Gasteiger partial charge in [0.15, 0.2) is 0 Å². The standard InChI is InChI=1S/C18H30N4O2.ClH/c1-4-18(5-2)15(11-16(18)24-3)20-17(23)14-8-10-22(21-14)13-7-6-9-19-12-13;/h8,10,13,15-16,19H,4-7,9,11-12H2,1-3H3,(H,20,23);1H. The van der Waals surface area contributed by atoms with Gasteiger partial charge in [0.25, 0.3) is 5.91 Å². The van der Waals surface area contributed by atoms with Crippen molar-refractivity contribution in [1.29, 1.82) is 0 Å². The Labute approximate surface area is 156 Å². The van der Waals surface area contributed by atoms with Crippen molar-refractivity contribution in [3.8, 4) is 0 Å². The second-order valence-electron chi connectivity index (χ2n) is 7.11. The molecule has 2 aliphatic rings. The molecule has 2 fully saturated rings. The molecule has 1 saturated carbocycles. The fourth-order valence-corrected chi connectivity index (χ4v) is 4.43. The number of aromatic nitrogens is 2. The molecular formula is C18H31ClN4O2. The number of amides is 1. The summed E-state index contributed by atoms with van der Waals surface area (Å²) >= 11 is 0. The molecule has 0 aromatic carbocycles. The summed E-state index contributed by atoms with van der Waals surface area (Å²) in [5, 5.41) is 11.1. The molecule has 0 radical (unpaired) electrons. The first-order chi connectivity index (χ1) is 11.6. The minimum atomic E-state index is -0.0663. The third-order valence-electron chi connectivity index (χ3n) is 6.18. The van der Waals surface area contributed by atoms with Crippen LogP contribution in [-0.2, 0) is 4.74 Å². The van der Waals surface area contributed by atoms with E-state index in [1.165, 1.54) is 0 Å². The Morgan fingerprint density at radius 2 is 2.24 bits per heavy atom. The molecule has 3 rings (SSSR count). The molecular weight excluding hydrogens is 340 g/mol. The fraction of sp³-hybridized carbons (Fsp3) is 0.778. The highest BCUT2D eigenvalue weighted by Gasteiger charge is 2.53. The van der Waals surface area contributed by atoms with Crippen molar-refractivity contribution in [1.82, 2.24) is 20.4 Å². The first-order valence-corrected chi connectivity index (χ1v) is 9.24. The van der Waals surface area contributed by atoms with Crippen molar-refractivity contribution in [3.05, 3.63) is 18.0 Å². The van der Waals surface area contributed by atoms with Crippen LogP contribution in [0.15, 0.2) is 12.3 Å². The molecule has 2 heterocycles. The molecule has 1 aromatic rings. The summed E-state index contributed by atoms with van der Waals surface area (Å²) < 4.78 is 7.54. The molecule has 3 unspecified atom stereocenters. The van der Waals surface area contributed by atoms with Gasteiger partial charge < -0.3 is 15.4 Å². The van der Waals surface area contributed by atoms with Crippen molar-refractivity contribution in [3.63, 3.8) is 0 Å². The maximum atomic E-state index is 12.6. The molecule has 2 N–H and O–H groups in total. The Morgan fingerprint density at radius 3 is 2.84 bits per heavy atom. The summed E-state index contributed by atoms with van der Waals surface area (Å²) in [7, 11) is 1.77. The van der Waals surface area contributed by atoms with Crippen molar-refractivity contribution in [2.75, 3.05) is 20.2 Å². The van der Waals surface area contributed by atoms with Gasteiger partial charge in [0.05, 0.1) is 12.1 Å². The third-order valence-corrected chi connectivity index (χ3v) is 6.18. The average molecular weight is 371 g/mol. The average Bonchev–Trinajstić information content (AvgIpc) is 3.10. The van der Waals surface area contributed by atoms with Gasteiger partial charge in [0, 0.05) is 31.3 Å². The van der Waals surface area contributed by atoms with Gasteiger partial charge in [-0.25, -0.2) is 0 Å². The van der Waals surface area contributed by atoms with Gasteiger partial charge in [-0.1, -0.05) is 13.8 Å². The van der Waals surface area contributed by atoms with Crippen LogP contribution in [0, 0.1) is 5.41 Å². The Balaban J connectivity index is 0.00000225. The van der Waals surface area contributed by atoms with E-state index in [9.17, 15) is 4.79 Å². The number of ether oxygens (including phenoxy) is 1. The summed E-state index contributed by atoms with van der Waals surface area (Å²) in [5.74, 6) is -0.0663. The van der Waals surface area contributed by atoms with Crippen molar-refractivity contribution < 1.29 is 9.53 Å². The molecule has 3 atom stereocenters. The Morgan fingerprint density at radius 1 is 1.48 bits per heavy atom. The van der Waals surface area contributed by atoms with Gasteiger partial charge in [-0.15, -0.1) is 12.4 Å². The number of nitrogens with one attached hydrogen (secondary N) is 2. The lowest BCUT2D eigenvalue weighted by molar-refractivity contribution is -0.120. The molecule has 7 heteroatoms. The van der Waals surface area contributed by atoms with Crippen LogP contribution in [0.1, 0.15) is 62.5 Å². The molecule has 1 aliphatic carbocycles. The largest absolute Gasteiger partial charge is 0.381 e. The number of piperidine rings is 1. The van der Waals surface area contributed by atoms with Crippen LogP contribution in [0.4, 0.5) is 0 Å². The zero-order chi connectivity index (χ0) is 17.2. The number of rotatable bonds is 6. The summed E-state index contributed by atoms with van der Waals surface area (Å²) in [5.41, 5.74) is 0.572. The monoisotopic (exact) mass is 370 g/mol. The van der Waals surface area contributed by atoms with E-state index in [1.807, 2.05) is 16.9 Å². The topological polar surface area (TPSA) is 68.2 Å². The molecule has 1 amide bonds.